The van der Waals surface area contributed by atoms with Gasteiger partial charge in [0.25, 0.3) is 0 Å². The molecule has 0 aromatic heterocycles. The van der Waals surface area contributed by atoms with Crippen LogP contribution in [0.25, 0.3) is 0 Å². The highest BCUT2D eigenvalue weighted by molar-refractivity contribution is 5.54. The molecule has 1 fully saturated rings. The number of nitrogens with one attached hydrogen (secondary N) is 1. The number of aromatic hydroxyl groups is 1. The molecule has 2 atom stereocenters. The first kappa shape index (κ1) is 26.4. The van der Waals surface area contributed by atoms with Gasteiger partial charge in [-0.15, -0.1) is 0 Å². The lowest BCUT2D eigenvalue weighted by atomic mass is 9.72. The van der Waals surface area contributed by atoms with Crippen molar-refractivity contribution in [1.82, 2.24) is 10.2 Å². The van der Waals surface area contributed by atoms with Crippen molar-refractivity contribution in [2.75, 3.05) is 14.1 Å². The van der Waals surface area contributed by atoms with Crippen LogP contribution in [-0.2, 0) is 17.4 Å². The van der Waals surface area contributed by atoms with Crippen LogP contribution in [0.5, 0.6) is 5.75 Å². The molecule has 1 saturated carbocycles. The first-order valence-corrected chi connectivity index (χ1v) is 13.5. The van der Waals surface area contributed by atoms with Gasteiger partial charge in [-0.2, -0.15) is 0 Å². The Hall–Kier alpha value is -2.62. The van der Waals surface area contributed by atoms with E-state index in [9.17, 15) is 5.11 Å². The van der Waals surface area contributed by atoms with Crippen molar-refractivity contribution in [3.63, 3.8) is 0 Å². The molecule has 0 radical (unpaired) electrons. The van der Waals surface area contributed by atoms with E-state index in [1.807, 2.05) is 0 Å². The lowest BCUT2D eigenvalue weighted by molar-refractivity contribution is 0.175. The molecule has 0 amide bonds. The smallest absolute Gasteiger partial charge is 0.124 e. The Morgan fingerprint density at radius 2 is 1.33 bits per heavy atom. The third-order valence-corrected chi connectivity index (χ3v) is 8.52. The number of benzene rings is 3. The summed E-state index contributed by atoms with van der Waals surface area (Å²) in [5.74, 6) is 0.418. The van der Waals surface area contributed by atoms with E-state index in [1.165, 1.54) is 42.4 Å². The van der Waals surface area contributed by atoms with Crippen molar-refractivity contribution in [2.24, 2.45) is 0 Å². The molecule has 0 aliphatic heterocycles. The molecular formula is C33H44N2O. The highest BCUT2D eigenvalue weighted by Crippen LogP contribution is 2.43. The van der Waals surface area contributed by atoms with Gasteiger partial charge >= 0.3 is 0 Å². The molecule has 3 aromatic carbocycles. The predicted octanol–water partition coefficient (Wildman–Crippen LogP) is 7.01. The molecule has 0 heterocycles. The van der Waals surface area contributed by atoms with Crippen LogP contribution in [0.1, 0.15) is 81.2 Å². The van der Waals surface area contributed by atoms with Crippen LogP contribution < -0.4 is 5.32 Å². The number of phenolic OH excluding ortho intramolecular Hbond substituents is 1. The molecule has 0 spiro atoms. The highest BCUT2D eigenvalue weighted by atomic mass is 16.3. The Morgan fingerprint density at radius 3 is 1.92 bits per heavy atom. The predicted molar refractivity (Wildman–Crippen MR) is 152 cm³/mol. The monoisotopic (exact) mass is 484 g/mol. The number of rotatable bonds is 8. The summed E-state index contributed by atoms with van der Waals surface area (Å²) < 4.78 is 0. The minimum atomic E-state index is -0.333. The maximum absolute atomic E-state index is 11.7. The van der Waals surface area contributed by atoms with Crippen LogP contribution in [0, 0.1) is 0 Å². The molecule has 3 aromatic rings. The molecule has 0 bridgehead atoms. The maximum Gasteiger partial charge on any atom is 0.124 e. The summed E-state index contributed by atoms with van der Waals surface area (Å²) in [6.07, 6.45) is 4.97. The molecule has 1 aliphatic rings. The van der Waals surface area contributed by atoms with Crippen molar-refractivity contribution in [1.29, 1.82) is 0 Å². The summed E-state index contributed by atoms with van der Waals surface area (Å²) in [4.78, 5) is 2.36. The van der Waals surface area contributed by atoms with E-state index in [-0.39, 0.29) is 10.8 Å². The van der Waals surface area contributed by atoms with Gasteiger partial charge in [0.1, 0.15) is 5.75 Å². The van der Waals surface area contributed by atoms with Gasteiger partial charge in [-0.3, -0.25) is 0 Å². The average Bonchev–Trinajstić information content (AvgIpc) is 2.89. The number of nitrogens with zero attached hydrogens (tertiary/aromatic N) is 1. The third kappa shape index (κ3) is 5.38. The summed E-state index contributed by atoms with van der Waals surface area (Å²) in [5.41, 5.74) is 5.16. The van der Waals surface area contributed by atoms with Gasteiger partial charge in [0, 0.05) is 40.6 Å². The normalized spacial score (nSPS) is 19.0. The fourth-order valence-corrected chi connectivity index (χ4v) is 5.91. The zero-order chi connectivity index (χ0) is 25.9. The molecular weight excluding hydrogens is 440 g/mol. The topological polar surface area (TPSA) is 35.5 Å². The molecule has 3 heteroatoms. The minimum Gasteiger partial charge on any atom is -0.507 e. The minimum absolute atomic E-state index is 0.192. The van der Waals surface area contributed by atoms with Crippen molar-refractivity contribution in [3.8, 4) is 5.75 Å². The molecule has 3 nitrogen and oxygen atoms in total. The Balaban J connectivity index is 1.77. The second-order valence-corrected chi connectivity index (χ2v) is 11.8. The second kappa shape index (κ2) is 10.8. The van der Waals surface area contributed by atoms with Gasteiger partial charge in [0.05, 0.1) is 0 Å². The van der Waals surface area contributed by atoms with E-state index >= 15 is 0 Å². The zero-order valence-electron chi connectivity index (χ0n) is 23.0. The lowest BCUT2D eigenvalue weighted by Crippen LogP contribution is -2.48. The Kier molecular flexibility index (Phi) is 7.92. The van der Waals surface area contributed by atoms with Crippen LogP contribution in [0.3, 0.4) is 0 Å². The molecule has 4 rings (SSSR count). The lowest BCUT2D eigenvalue weighted by Gasteiger charge is -2.37. The van der Waals surface area contributed by atoms with Gasteiger partial charge in [0.15, 0.2) is 0 Å². The summed E-state index contributed by atoms with van der Waals surface area (Å²) in [6.45, 7) is 9.68. The van der Waals surface area contributed by atoms with Gasteiger partial charge in [-0.25, -0.2) is 0 Å². The van der Waals surface area contributed by atoms with Gasteiger partial charge in [-0.05, 0) is 49.7 Å². The number of hydrogen-bond donors (Lipinski definition) is 2. The maximum atomic E-state index is 11.7. The Morgan fingerprint density at radius 1 is 0.778 bits per heavy atom. The highest BCUT2D eigenvalue weighted by Gasteiger charge is 2.32. The SMILES string of the molecule is CN(C)[C@H]1CCCC[C@@H]1NCc1cc(C(C)(C)c2ccccc2)cc(C(C)(C)c2ccccc2)c1O. The van der Waals surface area contributed by atoms with Crippen LogP contribution in [0.2, 0.25) is 0 Å². The first-order chi connectivity index (χ1) is 17.1. The quantitative estimate of drug-likeness (QED) is 0.361. The fourth-order valence-electron chi connectivity index (χ4n) is 5.91. The second-order valence-electron chi connectivity index (χ2n) is 11.8. The first-order valence-electron chi connectivity index (χ1n) is 13.5. The standard InChI is InChI=1S/C33H44N2O/c1-32(2,25-15-9-7-10-16-25)27-21-24(23-34-29-19-13-14-20-30(29)35(5)6)31(36)28(22-27)33(3,4)26-17-11-8-12-18-26/h7-12,15-18,21-22,29-30,34,36H,13-14,19-20,23H2,1-6H3/t29-,30-/m0/s1. The summed E-state index contributed by atoms with van der Waals surface area (Å²) in [5, 5.41) is 15.5. The van der Waals surface area contributed by atoms with Crippen molar-refractivity contribution >= 4 is 0 Å². The molecule has 2 N–H and O–H groups in total. The van der Waals surface area contributed by atoms with Gasteiger partial charge < -0.3 is 15.3 Å². The van der Waals surface area contributed by atoms with Crippen LogP contribution in [0.15, 0.2) is 72.8 Å². The third-order valence-electron chi connectivity index (χ3n) is 8.52. The van der Waals surface area contributed by atoms with Crippen molar-refractivity contribution in [2.45, 2.75) is 82.8 Å². The number of hydrogen-bond acceptors (Lipinski definition) is 3. The Bertz CT molecular complexity index is 1140. The van der Waals surface area contributed by atoms with E-state index in [0.717, 1.165) is 11.1 Å². The largest absolute Gasteiger partial charge is 0.507 e. The van der Waals surface area contributed by atoms with E-state index in [2.05, 4.69) is 125 Å². The fraction of sp³-hybridized carbons (Fsp3) is 0.455. The van der Waals surface area contributed by atoms with Crippen molar-refractivity contribution in [3.05, 3.63) is 101 Å². The summed E-state index contributed by atoms with van der Waals surface area (Å²) in [6, 6.07) is 26.7. The number of phenols is 1. The van der Waals surface area contributed by atoms with Crippen LogP contribution in [0.4, 0.5) is 0 Å². The summed E-state index contributed by atoms with van der Waals surface area (Å²) in [7, 11) is 4.37. The van der Waals surface area contributed by atoms with Gasteiger partial charge in [-0.1, -0.05) is 107 Å². The van der Waals surface area contributed by atoms with E-state index < -0.39 is 0 Å². The van der Waals surface area contributed by atoms with E-state index in [1.54, 1.807) is 0 Å². The van der Waals surface area contributed by atoms with E-state index in [0.29, 0.717) is 24.4 Å². The van der Waals surface area contributed by atoms with Gasteiger partial charge in [0.2, 0.25) is 0 Å². The van der Waals surface area contributed by atoms with Crippen LogP contribution >= 0.6 is 0 Å². The molecule has 36 heavy (non-hydrogen) atoms. The molecule has 0 saturated heterocycles. The summed E-state index contributed by atoms with van der Waals surface area (Å²) >= 11 is 0. The Labute approximate surface area is 218 Å². The molecule has 192 valence electrons. The average molecular weight is 485 g/mol. The molecule has 0 unspecified atom stereocenters. The molecule has 1 aliphatic carbocycles. The van der Waals surface area contributed by atoms with Crippen molar-refractivity contribution < 1.29 is 5.11 Å². The zero-order valence-corrected chi connectivity index (χ0v) is 23.0. The number of likely N-dealkylation sites (N-methyl/N-ethyl adjacent to an activating group) is 1. The van der Waals surface area contributed by atoms with E-state index in [4.69, 9.17) is 0 Å². The van der Waals surface area contributed by atoms with Crippen LogP contribution in [-0.4, -0.2) is 36.2 Å².